The summed E-state index contributed by atoms with van der Waals surface area (Å²) in [6, 6.07) is 15.5. The maximum Gasteiger partial charge on any atom is 0.194 e. The monoisotopic (exact) mass is 369 g/mol. The van der Waals surface area contributed by atoms with E-state index in [9.17, 15) is 5.11 Å². The Morgan fingerprint density at radius 3 is 2.56 bits per heavy atom. The third kappa shape index (κ3) is 5.14. The molecule has 2 N–H and O–H groups in total. The van der Waals surface area contributed by atoms with Gasteiger partial charge >= 0.3 is 0 Å². The minimum Gasteiger partial charge on any atom is -0.493 e. The topological polar surface area (TPSA) is 66.3 Å². The van der Waals surface area contributed by atoms with Crippen molar-refractivity contribution in [2.75, 3.05) is 26.7 Å². The summed E-state index contributed by atoms with van der Waals surface area (Å²) in [5.41, 5.74) is 1.09. The maximum atomic E-state index is 9.74. The molecule has 0 spiro atoms. The van der Waals surface area contributed by atoms with Gasteiger partial charge in [0, 0.05) is 19.6 Å². The molecule has 0 aliphatic carbocycles. The SMILES string of the molecule is CCNC(=NCc1ccc(Oc2ccccc2OC)cc1)N1CC[C@@H](O)C1. The van der Waals surface area contributed by atoms with Crippen molar-refractivity contribution >= 4 is 5.96 Å². The second-order valence-electron chi connectivity index (χ2n) is 6.46. The van der Waals surface area contributed by atoms with E-state index in [0.29, 0.717) is 24.6 Å². The van der Waals surface area contributed by atoms with Crippen LogP contribution in [-0.4, -0.2) is 48.8 Å². The van der Waals surface area contributed by atoms with Gasteiger partial charge in [0.25, 0.3) is 0 Å². The lowest BCUT2D eigenvalue weighted by atomic mass is 10.2. The average molecular weight is 369 g/mol. The van der Waals surface area contributed by atoms with Crippen LogP contribution in [0.15, 0.2) is 53.5 Å². The van der Waals surface area contributed by atoms with E-state index in [2.05, 4.69) is 10.2 Å². The summed E-state index contributed by atoms with van der Waals surface area (Å²) in [4.78, 5) is 6.81. The molecule has 2 aromatic carbocycles. The van der Waals surface area contributed by atoms with Gasteiger partial charge in [0.15, 0.2) is 17.5 Å². The molecule has 0 unspecified atom stereocenters. The standard InChI is InChI=1S/C21H27N3O3/c1-3-22-21(24-13-12-17(25)15-24)23-14-16-8-10-18(11-9-16)27-20-7-5-4-6-19(20)26-2/h4-11,17,25H,3,12-15H2,1-2H3,(H,22,23)/t17-/m1/s1. The van der Waals surface area contributed by atoms with Crippen LogP contribution < -0.4 is 14.8 Å². The number of guanidine groups is 1. The first kappa shape index (κ1) is 19.0. The minimum atomic E-state index is -0.264. The van der Waals surface area contributed by atoms with Gasteiger partial charge in [-0.05, 0) is 43.2 Å². The summed E-state index contributed by atoms with van der Waals surface area (Å²) in [6.45, 7) is 4.89. The third-order valence-corrected chi connectivity index (χ3v) is 4.43. The van der Waals surface area contributed by atoms with Crippen LogP contribution in [0.3, 0.4) is 0 Å². The van der Waals surface area contributed by atoms with Crippen molar-refractivity contribution in [2.45, 2.75) is 26.0 Å². The molecule has 1 heterocycles. The van der Waals surface area contributed by atoms with Crippen LogP contribution in [0.25, 0.3) is 0 Å². The highest BCUT2D eigenvalue weighted by molar-refractivity contribution is 5.80. The van der Waals surface area contributed by atoms with Crippen molar-refractivity contribution in [1.82, 2.24) is 10.2 Å². The van der Waals surface area contributed by atoms with Crippen LogP contribution in [0, 0.1) is 0 Å². The number of hydrogen-bond acceptors (Lipinski definition) is 4. The number of aliphatic imine (C=N–C) groups is 1. The summed E-state index contributed by atoms with van der Waals surface area (Å²) in [7, 11) is 1.63. The van der Waals surface area contributed by atoms with Crippen LogP contribution in [0.2, 0.25) is 0 Å². The van der Waals surface area contributed by atoms with Gasteiger partial charge in [-0.2, -0.15) is 0 Å². The molecule has 2 aromatic rings. The molecule has 0 bridgehead atoms. The van der Waals surface area contributed by atoms with Crippen molar-refractivity contribution < 1.29 is 14.6 Å². The number of likely N-dealkylation sites (tertiary alicyclic amines) is 1. The predicted octanol–water partition coefficient (Wildman–Crippen LogP) is 3.02. The van der Waals surface area contributed by atoms with Gasteiger partial charge in [-0.3, -0.25) is 0 Å². The molecule has 3 rings (SSSR count). The fourth-order valence-electron chi connectivity index (χ4n) is 3.02. The first-order valence-corrected chi connectivity index (χ1v) is 9.30. The molecule has 1 fully saturated rings. The molecule has 6 heteroatoms. The Morgan fingerprint density at radius 1 is 1.19 bits per heavy atom. The fourth-order valence-corrected chi connectivity index (χ4v) is 3.02. The number of aliphatic hydroxyl groups is 1. The van der Waals surface area contributed by atoms with Gasteiger partial charge in [0.2, 0.25) is 0 Å². The van der Waals surface area contributed by atoms with E-state index in [-0.39, 0.29) is 6.10 Å². The smallest absolute Gasteiger partial charge is 0.194 e. The first-order valence-electron chi connectivity index (χ1n) is 9.30. The van der Waals surface area contributed by atoms with E-state index in [0.717, 1.165) is 36.8 Å². The number of aliphatic hydroxyl groups excluding tert-OH is 1. The second-order valence-corrected chi connectivity index (χ2v) is 6.46. The number of β-amino-alcohol motifs (C(OH)–C–C–N with tert-alkyl or cyclic N) is 1. The largest absolute Gasteiger partial charge is 0.493 e. The van der Waals surface area contributed by atoms with Crippen LogP contribution in [0.4, 0.5) is 0 Å². The van der Waals surface area contributed by atoms with Crippen molar-refractivity contribution in [3.05, 3.63) is 54.1 Å². The molecule has 144 valence electrons. The number of ether oxygens (including phenoxy) is 2. The quantitative estimate of drug-likeness (QED) is 0.605. The number of benzene rings is 2. The zero-order chi connectivity index (χ0) is 19.1. The maximum absolute atomic E-state index is 9.74. The number of nitrogens with one attached hydrogen (secondary N) is 1. The molecule has 0 saturated carbocycles. The lowest BCUT2D eigenvalue weighted by Crippen LogP contribution is -2.40. The van der Waals surface area contributed by atoms with Gasteiger partial charge in [-0.15, -0.1) is 0 Å². The lowest BCUT2D eigenvalue weighted by molar-refractivity contribution is 0.188. The van der Waals surface area contributed by atoms with Crippen LogP contribution in [0.5, 0.6) is 17.2 Å². The van der Waals surface area contributed by atoms with Gasteiger partial charge in [0.05, 0.1) is 19.8 Å². The lowest BCUT2D eigenvalue weighted by Gasteiger charge is -2.20. The molecular formula is C21H27N3O3. The van der Waals surface area contributed by atoms with Gasteiger partial charge < -0.3 is 24.8 Å². The van der Waals surface area contributed by atoms with Gasteiger partial charge in [-0.1, -0.05) is 24.3 Å². The van der Waals surface area contributed by atoms with Crippen molar-refractivity contribution in [1.29, 1.82) is 0 Å². The van der Waals surface area contributed by atoms with E-state index >= 15 is 0 Å². The van der Waals surface area contributed by atoms with Gasteiger partial charge in [0.1, 0.15) is 5.75 Å². The Labute approximate surface area is 160 Å². The molecule has 27 heavy (non-hydrogen) atoms. The first-order chi connectivity index (χ1) is 13.2. The van der Waals surface area contributed by atoms with E-state index in [4.69, 9.17) is 14.5 Å². The van der Waals surface area contributed by atoms with Crippen LogP contribution >= 0.6 is 0 Å². The van der Waals surface area contributed by atoms with Crippen LogP contribution in [-0.2, 0) is 6.54 Å². The second kappa shape index (κ2) is 9.28. The van der Waals surface area contributed by atoms with Crippen LogP contribution in [0.1, 0.15) is 18.9 Å². The minimum absolute atomic E-state index is 0.264. The fraction of sp³-hybridized carbons (Fsp3) is 0.381. The van der Waals surface area contributed by atoms with E-state index in [1.54, 1.807) is 7.11 Å². The Balaban J connectivity index is 1.64. The molecule has 1 aliphatic rings. The highest BCUT2D eigenvalue weighted by Crippen LogP contribution is 2.30. The summed E-state index contributed by atoms with van der Waals surface area (Å²) in [5.74, 6) is 2.99. The summed E-state index contributed by atoms with van der Waals surface area (Å²) < 4.78 is 11.2. The highest BCUT2D eigenvalue weighted by Gasteiger charge is 2.22. The van der Waals surface area contributed by atoms with Crippen molar-refractivity contribution in [3.63, 3.8) is 0 Å². The molecule has 0 amide bonds. The Kier molecular flexibility index (Phi) is 6.54. The Morgan fingerprint density at radius 2 is 1.93 bits per heavy atom. The van der Waals surface area contributed by atoms with E-state index < -0.39 is 0 Å². The molecule has 6 nitrogen and oxygen atoms in total. The van der Waals surface area contributed by atoms with Crippen molar-refractivity contribution in [3.8, 4) is 17.2 Å². The third-order valence-electron chi connectivity index (χ3n) is 4.43. The normalized spacial score (nSPS) is 17.1. The molecule has 0 aromatic heterocycles. The van der Waals surface area contributed by atoms with E-state index in [1.165, 1.54) is 0 Å². The zero-order valence-corrected chi connectivity index (χ0v) is 15.9. The number of methoxy groups -OCH3 is 1. The van der Waals surface area contributed by atoms with Crippen molar-refractivity contribution in [2.24, 2.45) is 4.99 Å². The predicted molar refractivity (Wildman–Crippen MR) is 107 cm³/mol. The Bertz CT molecular complexity index is 762. The number of rotatable bonds is 6. The van der Waals surface area contributed by atoms with Gasteiger partial charge in [-0.25, -0.2) is 4.99 Å². The number of para-hydroxylation sites is 2. The summed E-state index contributed by atoms with van der Waals surface area (Å²) >= 11 is 0. The summed E-state index contributed by atoms with van der Waals surface area (Å²) in [6.07, 6.45) is 0.527. The average Bonchev–Trinajstić information content (AvgIpc) is 3.13. The Hall–Kier alpha value is -2.73. The molecule has 1 saturated heterocycles. The molecule has 1 aliphatic heterocycles. The molecular weight excluding hydrogens is 342 g/mol. The summed E-state index contributed by atoms with van der Waals surface area (Å²) in [5, 5.41) is 13.0. The molecule has 0 radical (unpaired) electrons. The molecule has 1 atom stereocenters. The zero-order valence-electron chi connectivity index (χ0n) is 15.9. The van der Waals surface area contributed by atoms with E-state index in [1.807, 2.05) is 55.5 Å². The highest BCUT2D eigenvalue weighted by atomic mass is 16.5. The number of nitrogens with zero attached hydrogens (tertiary/aromatic N) is 2. The number of hydrogen-bond donors (Lipinski definition) is 2.